The van der Waals surface area contributed by atoms with Gasteiger partial charge in [-0.05, 0) is 65.2 Å². The fourth-order valence-electron chi connectivity index (χ4n) is 4.74. The predicted octanol–water partition coefficient (Wildman–Crippen LogP) is 7.51. The van der Waals surface area contributed by atoms with Crippen LogP contribution in [-0.2, 0) is 14.8 Å². The van der Waals surface area contributed by atoms with Gasteiger partial charge in [0, 0.05) is 5.69 Å². The quantitative estimate of drug-likeness (QED) is 0.236. The van der Waals surface area contributed by atoms with Crippen molar-refractivity contribution in [1.82, 2.24) is 0 Å². The van der Waals surface area contributed by atoms with E-state index in [1.807, 2.05) is 90.7 Å². The monoisotopic (exact) mass is 530 g/mol. The van der Waals surface area contributed by atoms with Crippen LogP contribution in [0, 0.1) is 6.92 Å². The van der Waals surface area contributed by atoms with E-state index in [1.54, 1.807) is 24.3 Å². The number of amidine groups is 1. The molecule has 0 aromatic heterocycles. The third-order valence-corrected chi connectivity index (χ3v) is 7.96. The normalized spacial score (nSPS) is 17.6. The van der Waals surface area contributed by atoms with Crippen LogP contribution < -0.4 is 4.90 Å². The van der Waals surface area contributed by atoms with E-state index in [2.05, 4.69) is 34.7 Å². The molecule has 1 saturated heterocycles. The number of benzene rings is 5. The lowest BCUT2D eigenvalue weighted by Crippen LogP contribution is -2.29. The van der Waals surface area contributed by atoms with Crippen molar-refractivity contribution in [3.8, 4) is 0 Å². The molecular formula is C33H26N2O3S. The molecule has 0 amide bonds. The Morgan fingerprint density at radius 3 is 2.10 bits per heavy atom. The lowest BCUT2D eigenvalue weighted by Gasteiger charge is -2.24. The van der Waals surface area contributed by atoms with E-state index in [0.717, 1.165) is 33.2 Å². The molecule has 0 spiro atoms. The molecule has 5 nitrogen and oxygen atoms in total. The Labute approximate surface area is 228 Å². The standard InChI is InChI=1S/C33H26N2O3S/c1-24-16-20-30(21-17-24)39(36,37)34-33-35(29-14-6-3-7-15-29)32(31(38-33)22-25-10-4-2-5-11-25)28-19-18-26-12-8-9-13-27(26)23-28/h2-23,32H,1H3/b31-22-,34-33+. The van der Waals surface area contributed by atoms with Crippen LogP contribution in [0.4, 0.5) is 5.69 Å². The topological polar surface area (TPSA) is 59.0 Å². The molecule has 0 bridgehead atoms. The molecule has 0 radical (unpaired) electrons. The molecule has 1 heterocycles. The summed E-state index contributed by atoms with van der Waals surface area (Å²) < 4.78 is 37.5. The first-order valence-corrected chi connectivity index (χ1v) is 14.1. The highest BCUT2D eigenvalue weighted by Gasteiger charge is 2.40. The van der Waals surface area contributed by atoms with Crippen LogP contribution in [0.5, 0.6) is 0 Å². The van der Waals surface area contributed by atoms with Crippen LogP contribution in [0.2, 0.25) is 0 Å². The van der Waals surface area contributed by atoms with Crippen molar-refractivity contribution in [1.29, 1.82) is 0 Å². The number of para-hydroxylation sites is 1. The number of nitrogens with zero attached hydrogens (tertiary/aromatic N) is 2. The minimum atomic E-state index is -4.04. The number of sulfonamides is 1. The van der Waals surface area contributed by atoms with Crippen LogP contribution in [0.1, 0.15) is 22.7 Å². The Balaban J connectivity index is 1.56. The summed E-state index contributed by atoms with van der Waals surface area (Å²) in [6, 6.07) is 40.1. The van der Waals surface area contributed by atoms with Crippen LogP contribution in [0.3, 0.4) is 0 Å². The van der Waals surface area contributed by atoms with E-state index in [4.69, 9.17) is 4.74 Å². The zero-order chi connectivity index (χ0) is 26.8. The van der Waals surface area contributed by atoms with E-state index in [-0.39, 0.29) is 10.9 Å². The summed E-state index contributed by atoms with van der Waals surface area (Å²) in [6.45, 7) is 1.91. The smallest absolute Gasteiger partial charge is 0.314 e. The summed E-state index contributed by atoms with van der Waals surface area (Å²) in [5.74, 6) is 0.582. The van der Waals surface area contributed by atoms with Crippen LogP contribution in [0.15, 0.2) is 142 Å². The third-order valence-electron chi connectivity index (χ3n) is 6.69. The second kappa shape index (κ2) is 10.2. The molecule has 0 aliphatic carbocycles. The predicted molar refractivity (Wildman–Crippen MR) is 157 cm³/mol. The molecule has 1 aliphatic rings. The van der Waals surface area contributed by atoms with Crippen molar-refractivity contribution < 1.29 is 13.2 Å². The minimum Gasteiger partial charge on any atom is -0.427 e. The summed E-state index contributed by atoms with van der Waals surface area (Å²) >= 11 is 0. The number of hydrogen-bond acceptors (Lipinski definition) is 3. The van der Waals surface area contributed by atoms with Crippen molar-refractivity contribution in [3.63, 3.8) is 0 Å². The molecule has 6 rings (SSSR count). The van der Waals surface area contributed by atoms with Gasteiger partial charge in [-0.1, -0.05) is 103 Å². The largest absolute Gasteiger partial charge is 0.427 e. The Morgan fingerprint density at radius 2 is 1.38 bits per heavy atom. The van der Waals surface area contributed by atoms with E-state index in [0.29, 0.717) is 5.76 Å². The Hall–Kier alpha value is -4.68. The summed E-state index contributed by atoms with van der Waals surface area (Å²) in [4.78, 5) is 1.96. The Morgan fingerprint density at radius 1 is 0.744 bits per heavy atom. The highest BCUT2D eigenvalue weighted by molar-refractivity contribution is 7.90. The van der Waals surface area contributed by atoms with Gasteiger partial charge in [0.25, 0.3) is 10.0 Å². The zero-order valence-electron chi connectivity index (χ0n) is 21.3. The molecular weight excluding hydrogens is 504 g/mol. The van der Waals surface area contributed by atoms with Crippen molar-refractivity contribution in [3.05, 3.63) is 150 Å². The number of rotatable bonds is 5. The van der Waals surface area contributed by atoms with E-state index < -0.39 is 16.1 Å². The lowest BCUT2D eigenvalue weighted by atomic mass is 9.98. The van der Waals surface area contributed by atoms with Gasteiger partial charge in [0.2, 0.25) is 0 Å². The molecule has 5 aromatic rings. The van der Waals surface area contributed by atoms with Crippen molar-refractivity contribution >= 4 is 38.6 Å². The van der Waals surface area contributed by atoms with Crippen molar-refractivity contribution in [2.24, 2.45) is 4.40 Å². The molecule has 1 unspecified atom stereocenters. The zero-order valence-corrected chi connectivity index (χ0v) is 22.1. The maximum absolute atomic E-state index is 13.4. The first-order chi connectivity index (χ1) is 19.0. The molecule has 1 aliphatic heterocycles. The van der Waals surface area contributed by atoms with Gasteiger partial charge < -0.3 is 4.74 Å². The van der Waals surface area contributed by atoms with Gasteiger partial charge in [0.1, 0.15) is 11.8 Å². The number of hydrogen-bond donors (Lipinski definition) is 0. The second-order valence-corrected chi connectivity index (χ2v) is 11.0. The van der Waals surface area contributed by atoms with Crippen LogP contribution in [-0.4, -0.2) is 14.4 Å². The molecule has 5 aromatic carbocycles. The molecule has 6 heteroatoms. The summed E-state index contributed by atoms with van der Waals surface area (Å²) in [7, 11) is -4.04. The molecule has 192 valence electrons. The average molecular weight is 531 g/mol. The van der Waals surface area contributed by atoms with Gasteiger partial charge in [0.15, 0.2) is 0 Å². The minimum absolute atomic E-state index is 0.00196. The fraction of sp³-hybridized carbons (Fsp3) is 0.0606. The number of ether oxygens (including phenoxy) is 1. The van der Waals surface area contributed by atoms with Crippen molar-refractivity contribution in [2.45, 2.75) is 17.9 Å². The van der Waals surface area contributed by atoms with E-state index >= 15 is 0 Å². The second-order valence-electron chi connectivity index (χ2n) is 9.44. The van der Waals surface area contributed by atoms with Crippen molar-refractivity contribution in [2.75, 3.05) is 4.90 Å². The summed E-state index contributed by atoms with van der Waals surface area (Å²) in [6.07, 6.45) is 1.94. The lowest BCUT2D eigenvalue weighted by molar-refractivity contribution is 0.431. The SMILES string of the molecule is Cc1ccc(S(=O)(=O)/N=C2/O/C(=C\c3ccccc3)C(c3ccc4ccccc4c3)N2c2ccccc2)cc1. The molecule has 0 N–H and O–H groups in total. The van der Waals surface area contributed by atoms with E-state index in [9.17, 15) is 8.42 Å². The summed E-state index contributed by atoms with van der Waals surface area (Å²) in [5.41, 5.74) is 3.63. The number of anilines is 1. The average Bonchev–Trinajstić information content (AvgIpc) is 3.30. The van der Waals surface area contributed by atoms with Gasteiger partial charge in [-0.15, -0.1) is 4.40 Å². The summed E-state index contributed by atoms with van der Waals surface area (Å²) in [5, 5.41) is 2.20. The van der Waals surface area contributed by atoms with Crippen LogP contribution in [0.25, 0.3) is 16.8 Å². The van der Waals surface area contributed by atoms with Gasteiger partial charge in [-0.25, -0.2) is 0 Å². The fourth-order valence-corrected chi connectivity index (χ4v) is 5.65. The molecule has 0 saturated carbocycles. The van der Waals surface area contributed by atoms with Gasteiger partial charge in [-0.2, -0.15) is 8.42 Å². The number of aryl methyl sites for hydroxylation is 1. The van der Waals surface area contributed by atoms with E-state index in [1.165, 1.54) is 0 Å². The first-order valence-electron chi connectivity index (χ1n) is 12.7. The number of fused-ring (bicyclic) bond motifs is 1. The third kappa shape index (κ3) is 5.07. The molecule has 39 heavy (non-hydrogen) atoms. The van der Waals surface area contributed by atoms with Gasteiger partial charge in [-0.3, -0.25) is 4.90 Å². The maximum atomic E-state index is 13.4. The molecule has 1 atom stereocenters. The Bertz CT molecular complexity index is 1800. The van der Waals surface area contributed by atoms with Gasteiger partial charge in [0.05, 0.1) is 4.90 Å². The van der Waals surface area contributed by atoms with Gasteiger partial charge >= 0.3 is 6.02 Å². The molecule has 1 fully saturated rings. The highest BCUT2D eigenvalue weighted by Crippen LogP contribution is 2.42. The van der Waals surface area contributed by atoms with Crippen LogP contribution >= 0.6 is 0 Å². The first kappa shape index (κ1) is 24.6. The maximum Gasteiger partial charge on any atom is 0.314 e. The highest BCUT2D eigenvalue weighted by atomic mass is 32.2. The Kier molecular flexibility index (Phi) is 6.47.